The minimum atomic E-state index is 0.732. The van der Waals surface area contributed by atoms with Crippen LogP contribution in [0.4, 0.5) is 0 Å². The van der Waals surface area contributed by atoms with Crippen LogP contribution in [0, 0.1) is 5.92 Å². The van der Waals surface area contributed by atoms with Gasteiger partial charge >= 0.3 is 0 Å². The first-order chi connectivity index (χ1) is 9.20. The highest BCUT2D eigenvalue weighted by atomic mass is 15.2. The van der Waals surface area contributed by atoms with Crippen molar-refractivity contribution in [1.82, 2.24) is 15.1 Å². The zero-order chi connectivity index (χ0) is 13.7. The summed E-state index contributed by atoms with van der Waals surface area (Å²) >= 11 is 0. The second kappa shape index (κ2) is 7.61. The summed E-state index contributed by atoms with van der Waals surface area (Å²) in [6.45, 7) is 7.18. The lowest BCUT2D eigenvalue weighted by Gasteiger charge is -2.33. The molecule has 0 spiro atoms. The Kier molecular flexibility index (Phi) is 6.11. The van der Waals surface area contributed by atoms with Crippen LogP contribution in [0.25, 0.3) is 0 Å². The average molecular weight is 267 g/mol. The molecule has 2 fully saturated rings. The predicted molar refractivity (Wildman–Crippen MR) is 82.6 cm³/mol. The summed E-state index contributed by atoms with van der Waals surface area (Å²) in [4.78, 5) is 5.10. The highest BCUT2D eigenvalue weighted by Gasteiger charge is 2.31. The molecule has 1 saturated carbocycles. The first kappa shape index (κ1) is 15.3. The van der Waals surface area contributed by atoms with Gasteiger partial charge in [-0.1, -0.05) is 19.8 Å². The number of hydrogen-bond donors (Lipinski definition) is 1. The van der Waals surface area contributed by atoms with Crippen molar-refractivity contribution < 1.29 is 0 Å². The standard InChI is InChI=1S/C16H33N3/c1-4-17-16(14-8-5-6-9-14)13-19-11-7-10-15(19)12-18(2)3/h14-17H,4-13H2,1-3H3. The Labute approximate surface area is 119 Å². The van der Waals surface area contributed by atoms with Gasteiger partial charge in [0.2, 0.25) is 0 Å². The third-order valence-corrected chi connectivity index (χ3v) is 4.94. The number of rotatable bonds is 7. The smallest absolute Gasteiger partial charge is 0.0224 e. The van der Waals surface area contributed by atoms with E-state index in [1.165, 1.54) is 58.2 Å². The van der Waals surface area contributed by atoms with Gasteiger partial charge in [0.1, 0.15) is 0 Å². The fourth-order valence-electron chi connectivity index (χ4n) is 4.02. The van der Waals surface area contributed by atoms with Gasteiger partial charge in [0.05, 0.1) is 0 Å². The van der Waals surface area contributed by atoms with E-state index in [9.17, 15) is 0 Å². The molecule has 0 radical (unpaired) electrons. The first-order valence-electron chi connectivity index (χ1n) is 8.33. The Morgan fingerprint density at radius 3 is 2.53 bits per heavy atom. The van der Waals surface area contributed by atoms with Gasteiger partial charge in [0, 0.05) is 25.2 Å². The minimum absolute atomic E-state index is 0.732. The van der Waals surface area contributed by atoms with Crippen LogP contribution >= 0.6 is 0 Å². The van der Waals surface area contributed by atoms with E-state index < -0.39 is 0 Å². The zero-order valence-corrected chi connectivity index (χ0v) is 13.2. The summed E-state index contributed by atoms with van der Waals surface area (Å²) in [7, 11) is 4.41. The summed E-state index contributed by atoms with van der Waals surface area (Å²) in [6, 6.07) is 1.52. The van der Waals surface area contributed by atoms with E-state index in [2.05, 4.69) is 36.1 Å². The molecule has 1 N–H and O–H groups in total. The summed E-state index contributed by atoms with van der Waals surface area (Å²) in [5, 5.41) is 3.77. The third-order valence-electron chi connectivity index (χ3n) is 4.94. The van der Waals surface area contributed by atoms with E-state index >= 15 is 0 Å². The maximum absolute atomic E-state index is 3.77. The van der Waals surface area contributed by atoms with Crippen LogP contribution in [0.15, 0.2) is 0 Å². The number of hydrogen-bond acceptors (Lipinski definition) is 3. The summed E-state index contributed by atoms with van der Waals surface area (Å²) < 4.78 is 0. The number of likely N-dealkylation sites (N-methyl/N-ethyl adjacent to an activating group) is 2. The molecule has 1 heterocycles. The van der Waals surface area contributed by atoms with Crippen molar-refractivity contribution >= 4 is 0 Å². The highest BCUT2D eigenvalue weighted by Crippen LogP contribution is 2.29. The van der Waals surface area contributed by atoms with Crippen LogP contribution in [0.3, 0.4) is 0 Å². The second-order valence-corrected chi connectivity index (χ2v) is 6.76. The highest BCUT2D eigenvalue weighted by molar-refractivity contribution is 4.88. The molecule has 0 bridgehead atoms. The zero-order valence-electron chi connectivity index (χ0n) is 13.2. The summed E-state index contributed by atoms with van der Waals surface area (Å²) in [6.07, 6.45) is 8.58. The van der Waals surface area contributed by atoms with Crippen LogP contribution in [-0.2, 0) is 0 Å². The number of nitrogens with zero attached hydrogens (tertiary/aromatic N) is 2. The fraction of sp³-hybridized carbons (Fsp3) is 1.00. The van der Waals surface area contributed by atoms with Crippen LogP contribution in [0.5, 0.6) is 0 Å². The Morgan fingerprint density at radius 1 is 1.16 bits per heavy atom. The van der Waals surface area contributed by atoms with Crippen molar-refractivity contribution in [2.45, 2.75) is 57.5 Å². The molecule has 1 aliphatic heterocycles. The van der Waals surface area contributed by atoms with Gasteiger partial charge < -0.3 is 10.2 Å². The quantitative estimate of drug-likeness (QED) is 0.763. The molecule has 2 rings (SSSR count). The van der Waals surface area contributed by atoms with Crippen molar-refractivity contribution in [2.24, 2.45) is 5.92 Å². The lowest BCUT2D eigenvalue weighted by molar-refractivity contribution is 0.170. The van der Waals surface area contributed by atoms with Crippen molar-refractivity contribution in [2.75, 3.05) is 40.3 Å². The van der Waals surface area contributed by atoms with E-state index in [4.69, 9.17) is 0 Å². The molecule has 0 aromatic heterocycles. The molecule has 0 amide bonds. The first-order valence-corrected chi connectivity index (χ1v) is 8.33. The number of likely N-dealkylation sites (tertiary alicyclic amines) is 1. The molecule has 1 saturated heterocycles. The Morgan fingerprint density at radius 2 is 1.89 bits per heavy atom. The molecule has 3 nitrogen and oxygen atoms in total. The lowest BCUT2D eigenvalue weighted by atomic mass is 9.97. The van der Waals surface area contributed by atoms with Gasteiger partial charge in [0.15, 0.2) is 0 Å². The van der Waals surface area contributed by atoms with Crippen molar-refractivity contribution in [3.8, 4) is 0 Å². The van der Waals surface area contributed by atoms with Gasteiger partial charge in [-0.2, -0.15) is 0 Å². The average Bonchev–Trinajstić information content (AvgIpc) is 3.00. The maximum Gasteiger partial charge on any atom is 0.0224 e. The molecule has 0 aromatic carbocycles. The van der Waals surface area contributed by atoms with Gasteiger partial charge in [-0.3, -0.25) is 4.90 Å². The second-order valence-electron chi connectivity index (χ2n) is 6.76. The molecule has 112 valence electrons. The van der Waals surface area contributed by atoms with Gasteiger partial charge in [0.25, 0.3) is 0 Å². The van der Waals surface area contributed by atoms with Crippen molar-refractivity contribution in [3.63, 3.8) is 0 Å². The normalized spacial score (nSPS) is 27.5. The van der Waals surface area contributed by atoms with Crippen LogP contribution in [-0.4, -0.2) is 62.2 Å². The fourth-order valence-corrected chi connectivity index (χ4v) is 4.02. The largest absolute Gasteiger partial charge is 0.313 e. The van der Waals surface area contributed by atoms with Gasteiger partial charge in [-0.25, -0.2) is 0 Å². The number of nitrogens with one attached hydrogen (secondary N) is 1. The minimum Gasteiger partial charge on any atom is -0.313 e. The van der Waals surface area contributed by atoms with Crippen molar-refractivity contribution in [3.05, 3.63) is 0 Å². The van der Waals surface area contributed by atoms with Gasteiger partial charge in [-0.15, -0.1) is 0 Å². The van der Waals surface area contributed by atoms with Crippen LogP contribution in [0.1, 0.15) is 45.4 Å². The Hall–Kier alpha value is -0.120. The van der Waals surface area contributed by atoms with E-state index in [1.807, 2.05) is 0 Å². The van der Waals surface area contributed by atoms with E-state index in [1.54, 1.807) is 0 Å². The molecular formula is C16H33N3. The maximum atomic E-state index is 3.77. The summed E-state index contributed by atoms with van der Waals surface area (Å²) in [5.74, 6) is 0.931. The molecule has 19 heavy (non-hydrogen) atoms. The van der Waals surface area contributed by atoms with Crippen LogP contribution < -0.4 is 5.32 Å². The Bertz CT molecular complexity index is 248. The molecule has 2 aliphatic rings. The monoisotopic (exact) mass is 267 g/mol. The topological polar surface area (TPSA) is 18.5 Å². The van der Waals surface area contributed by atoms with Gasteiger partial charge in [-0.05, 0) is 58.8 Å². The molecule has 1 aliphatic carbocycles. The Balaban J connectivity index is 1.87. The lowest BCUT2D eigenvalue weighted by Crippen LogP contribution is -2.48. The molecular weight excluding hydrogens is 234 g/mol. The molecule has 2 unspecified atom stereocenters. The molecule has 3 heteroatoms. The predicted octanol–water partition coefficient (Wildman–Crippen LogP) is 2.18. The van der Waals surface area contributed by atoms with E-state index in [-0.39, 0.29) is 0 Å². The van der Waals surface area contributed by atoms with Crippen LogP contribution in [0.2, 0.25) is 0 Å². The third kappa shape index (κ3) is 4.44. The summed E-state index contributed by atoms with van der Waals surface area (Å²) in [5.41, 5.74) is 0. The molecule has 2 atom stereocenters. The van der Waals surface area contributed by atoms with Crippen molar-refractivity contribution in [1.29, 1.82) is 0 Å². The van der Waals surface area contributed by atoms with E-state index in [0.29, 0.717) is 0 Å². The molecule has 0 aromatic rings. The van der Waals surface area contributed by atoms with E-state index in [0.717, 1.165) is 24.5 Å². The SMILES string of the molecule is CCNC(CN1CCCC1CN(C)C)C1CCCC1.